The molecule has 9 heteroatoms. The zero-order valence-corrected chi connectivity index (χ0v) is 17.8. The molecule has 0 aromatic carbocycles. The number of carbonyl (C=O) groups excluding carboxylic acids is 2. The fourth-order valence-corrected chi connectivity index (χ4v) is 4.65. The van der Waals surface area contributed by atoms with Gasteiger partial charge in [0.05, 0.1) is 25.4 Å². The van der Waals surface area contributed by atoms with Gasteiger partial charge in [0.2, 0.25) is 0 Å². The van der Waals surface area contributed by atoms with E-state index in [1.807, 2.05) is 30.3 Å². The first-order chi connectivity index (χ1) is 15.6. The zero-order valence-electron chi connectivity index (χ0n) is 17.8. The van der Waals surface area contributed by atoms with Gasteiger partial charge in [0.25, 0.3) is 11.8 Å². The van der Waals surface area contributed by atoms with Crippen molar-refractivity contribution in [3.63, 3.8) is 0 Å². The molecule has 0 aliphatic carbocycles. The lowest BCUT2D eigenvalue weighted by molar-refractivity contribution is -0.172. The molecule has 5 rings (SSSR count). The summed E-state index contributed by atoms with van der Waals surface area (Å²) in [5.41, 5.74) is 1.00. The van der Waals surface area contributed by atoms with Crippen LogP contribution in [0.4, 0.5) is 0 Å². The number of aromatic nitrogens is 4. The van der Waals surface area contributed by atoms with E-state index >= 15 is 0 Å². The fraction of sp³-hybridized carbons (Fsp3) is 0.348. The molecule has 0 radical (unpaired) electrons. The summed E-state index contributed by atoms with van der Waals surface area (Å²) in [5.74, 6) is -0.620. The standard InChI is InChI=1S/C23H24N6O3/c1-27-20(7-10-26-27)21(30)29-15-19(17-5-4-8-24-13-17)23(16-29)22(31)28(11-12-32-23)14-18-6-2-3-9-25-18/h2-10,13,19H,11-12,14-16H2,1H3/t19-,23+/m0/s1. The minimum absolute atomic E-state index is 0.122. The molecule has 0 bridgehead atoms. The smallest absolute Gasteiger partial charge is 0.272 e. The largest absolute Gasteiger partial charge is 0.361 e. The molecule has 2 atom stereocenters. The van der Waals surface area contributed by atoms with Crippen LogP contribution >= 0.6 is 0 Å². The molecule has 9 nitrogen and oxygen atoms in total. The zero-order chi connectivity index (χ0) is 22.1. The Hall–Kier alpha value is -3.59. The monoisotopic (exact) mass is 432 g/mol. The predicted molar refractivity (Wildman–Crippen MR) is 114 cm³/mol. The fourth-order valence-electron chi connectivity index (χ4n) is 4.65. The number of ether oxygens (including phenoxy) is 1. The average molecular weight is 432 g/mol. The molecular formula is C23H24N6O3. The number of pyridine rings is 2. The molecule has 5 heterocycles. The molecule has 1 spiro atoms. The number of nitrogens with zero attached hydrogens (tertiary/aromatic N) is 6. The van der Waals surface area contributed by atoms with E-state index in [9.17, 15) is 9.59 Å². The Morgan fingerprint density at radius 1 is 1.19 bits per heavy atom. The molecule has 164 valence electrons. The van der Waals surface area contributed by atoms with Gasteiger partial charge in [-0.05, 0) is 29.8 Å². The molecule has 2 amide bonds. The Balaban J connectivity index is 1.49. The van der Waals surface area contributed by atoms with Gasteiger partial charge in [-0.2, -0.15) is 5.10 Å². The second kappa shape index (κ2) is 8.16. The minimum atomic E-state index is -1.16. The normalized spacial score (nSPS) is 23.2. The first-order valence-corrected chi connectivity index (χ1v) is 10.6. The SMILES string of the molecule is Cn1nccc1C(=O)N1C[C@@H](c2cccnc2)[C@@]2(C1)OCCN(Cc1ccccn1)C2=O. The van der Waals surface area contributed by atoms with Crippen molar-refractivity contribution in [1.29, 1.82) is 0 Å². The lowest BCUT2D eigenvalue weighted by Crippen LogP contribution is -2.60. The van der Waals surface area contributed by atoms with Crippen molar-refractivity contribution in [2.24, 2.45) is 7.05 Å². The highest BCUT2D eigenvalue weighted by atomic mass is 16.5. The number of hydrogen-bond acceptors (Lipinski definition) is 6. The van der Waals surface area contributed by atoms with E-state index in [0.717, 1.165) is 11.3 Å². The van der Waals surface area contributed by atoms with Crippen molar-refractivity contribution in [3.05, 3.63) is 78.1 Å². The number of likely N-dealkylation sites (tertiary alicyclic amines) is 1. The highest BCUT2D eigenvalue weighted by Gasteiger charge is 2.58. The summed E-state index contributed by atoms with van der Waals surface area (Å²) < 4.78 is 7.79. The number of carbonyl (C=O) groups is 2. The second-order valence-electron chi connectivity index (χ2n) is 8.15. The van der Waals surface area contributed by atoms with Crippen LogP contribution in [0.5, 0.6) is 0 Å². The summed E-state index contributed by atoms with van der Waals surface area (Å²) in [5, 5.41) is 4.11. The number of aryl methyl sites for hydroxylation is 1. The molecule has 3 aromatic rings. The van der Waals surface area contributed by atoms with E-state index in [1.165, 1.54) is 0 Å². The summed E-state index contributed by atoms with van der Waals surface area (Å²) in [6.07, 6.45) is 6.76. The Morgan fingerprint density at radius 2 is 2.09 bits per heavy atom. The summed E-state index contributed by atoms with van der Waals surface area (Å²) in [4.78, 5) is 39.2. The maximum Gasteiger partial charge on any atom is 0.272 e. The number of morpholine rings is 1. The molecule has 2 saturated heterocycles. The van der Waals surface area contributed by atoms with E-state index in [-0.39, 0.29) is 24.3 Å². The van der Waals surface area contributed by atoms with Crippen LogP contribution in [0.25, 0.3) is 0 Å². The molecule has 0 saturated carbocycles. The molecule has 3 aromatic heterocycles. The summed E-state index contributed by atoms with van der Waals surface area (Å²) in [7, 11) is 1.73. The van der Waals surface area contributed by atoms with Crippen LogP contribution in [0, 0.1) is 0 Å². The van der Waals surface area contributed by atoms with Gasteiger partial charge in [-0.3, -0.25) is 24.2 Å². The van der Waals surface area contributed by atoms with Gasteiger partial charge in [0, 0.05) is 50.8 Å². The molecule has 2 fully saturated rings. The minimum Gasteiger partial charge on any atom is -0.361 e. The molecule has 0 unspecified atom stereocenters. The Morgan fingerprint density at radius 3 is 2.81 bits per heavy atom. The maximum absolute atomic E-state index is 13.9. The van der Waals surface area contributed by atoms with Crippen LogP contribution in [0.1, 0.15) is 27.7 Å². The summed E-state index contributed by atoms with van der Waals surface area (Å²) in [6.45, 7) is 1.81. The Kier molecular flexibility index (Phi) is 5.18. The van der Waals surface area contributed by atoms with Gasteiger partial charge in [0.1, 0.15) is 5.69 Å². The van der Waals surface area contributed by atoms with Crippen LogP contribution < -0.4 is 0 Å². The third-order valence-electron chi connectivity index (χ3n) is 6.25. The number of rotatable bonds is 4. The molecular weight excluding hydrogens is 408 g/mol. The van der Waals surface area contributed by atoms with Crippen molar-refractivity contribution < 1.29 is 14.3 Å². The summed E-state index contributed by atoms with van der Waals surface area (Å²) >= 11 is 0. The van der Waals surface area contributed by atoms with Gasteiger partial charge in [-0.15, -0.1) is 0 Å². The molecule has 0 N–H and O–H groups in total. The Labute approximate surface area is 185 Å². The quantitative estimate of drug-likeness (QED) is 0.616. The van der Waals surface area contributed by atoms with Gasteiger partial charge in [0.15, 0.2) is 5.60 Å². The topological polar surface area (TPSA) is 93.4 Å². The van der Waals surface area contributed by atoms with E-state index in [0.29, 0.717) is 31.9 Å². The first-order valence-electron chi connectivity index (χ1n) is 10.6. The van der Waals surface area contributed by atoms with Crippen LogP contribution in [0.3, 0.4) is 0 Å². The van der Waals surface area contributed by atoms with E-state index in [2.05, 4.69) is 15.1 Å². The maximum atomic E-state index is 13.9. The Bertz CT molecular complexity index is 1120. The molecule has 2 aliphatic heterocycles. The lowest BCUT2D eigenvalue weighted by atomic mass is 9.83. The molecule has 32 heavy (non-hydrogen) atoms. The third-order valence-corrected chi connectivity index (χ3v) is 6.25. The molecule has 2 aliphatic rings. The van der Waals surface area contributed by atoms with Crippen molar-refractivity contribution in [2.75, 3.05) is 26.2 Å². The van der Waals surface area contributed by atoms with Gasteiger partial charge >= 0.3 is 0 Å². The van der Waals surface area contributed by atoms with E-state index in [1.54, 1.807) is 52.4 Å². The second-order valence-corrected chi connectivity index (χ2v) is 8.15. The van der Waals surface area contributed by atoms with Crippen molar-refractivity contribution in [1.82, 2.24) is 29.5 Å². The van der Waals surface area contributed by atoms with E-state index < -0.39 is 5.60 Å². The predicted octanol–water partition coefficient (Wildman–Crippen LogP) is 1.25. The first kappa shape index (κ1) is 20.3. The summed E-state index contributed by atoms with van der Waals surface area (Å²) in [6, 6.07) is 11.1. The lowest BCUT2D eigenvalue weighted by Gasteiger charge is -2.42. The third kappa shape index (κ3) is 3.44. The van der Waals surface area contributed by atoms with Gasteiger partial charge < -0.3 is 14.5 Å². The van der Waals surface area contributed by atoms with Crippen LogP contribution in [-0.4, -0.2) is 73.2 Å². The van der Waals surface area contributed by atoms with Crippen molar-refractivity contribution in [2.45, 2.75) is 18.1 Å². The highest BCUT2D eigenvalue weighted by Crippen LogP contribution is 2.42. The van der Waals surface area contributed by atoms with Crippen LogP contribution in [0.2, 0.25) is 0 Å². The number of amides is 2. The van der Waals surface area contributed by atoms with Gasteiger partial charge in [-0.1, -0.05) is 12.1 Å². The van der Waals surface area contributed by atoms with Crippen LogP contribution in [0.15, 0.2) is 61.2 Å². The average Bonchev–Trinajstić information content (AvgIpc) is 3.42. The number of hydrogen-bond donors (Lipinski definition) is 0. The highest BCUT2D eigenvalue weighted by molar-refractivity contribution is 5.95. The van der Waals surface area contributed by atoms with Crippen molar-refractivity contribution >= 4 is 11.8 Å². The van der Waals surface area contributed by atoms with Crippen molar-refractivity contribution in [3.8, 4) is 0 Å². The van der Waals surface area contributed by atoms with Gasteiger partial charge in [-0.25, -0.2) is 0 Å². The van der Waals surface area contributed by atoms with Crippen LogP contribution in [-0.2, 0) is 23.1 Å². The van der Waals surface area contributed by atoms with E-state index in [4.69, 9.17) is 4.74 Å².